The molecule has 0 bridgehead atoms. The van der Waals surface area contributed by atoms with Crippen molar-refractivity contribution in [2.45, 2.75) is 19.2 Å². The van der Waals surface area contributed by atoms with Crippen LogP contribution >= 0.6 is 11.6 Å². The summed E-state index contributed by atoms with van der Waals surface area (Å²) < 4.78 is 5.77. The lowest BCUT2D eigenvalue weighted by atomic mass is 10.1. The van der Waals surface area contributed by atoms with Crippen molar-refractivity contribution >= 4 is 19.9 Å². The molecule has 0 aliphatic rings. The van der Waals surface area contributed by atoms with Gasteiger partial charge in [0.2, 0.25) is 8.32 Å². The lowest BCUT2D eigenvalue weighted by molar-refractivity contribution is 0.254. The second-order valence-electron chi connectivity index (χ2n) is 3.93. The predicted octanol–water partition coefficient (Wildman–Crippen LogP) is 3.25. The number of nitrogens with zero attached hydrogens (tertiary/aromatic N) is 1. The monoisotopic (exact) mass is 239 g/mol. The molecule has 1 rings (SSSR count). The first-order valence-electron chi connectivity index (χ1n) is 4.77. The van der Waals surface area contributed by atoms with E-state index in [9.17, 15) is 0 Å². The van der Waals surface area contributed by atoms with Crippen LogP contribution in [0.15, 0.2) is 30.3 Å². The second kappa shape index (κ2) is 5.31. The highest BCUT2D eigenvalue weighted by Crippen LogP contribution is 2.21. The summed E-state index contributed by atoms with van der Waals surface area (Å²) in [6, 6.07) is 11.7. The van der Waals surface area contributed by atoms with Gasteiger partial charge in [0, 0.05) is 5.50 Å². The van der Waals surface area contributed by atoms with E-state index in [4.69, 9.17) is 21.3 Å². The smallest absolute Gasteiger partial charge is 0.203 e. The average molecular weight is 240 g/mol. The molecule has 1 atom stereocenters. The first kappa shape index (κ1) is 12.2. The minimum atomic E-state index is -1.90. The van der Waals surface area contributed by atoms with E-state index < -0.39 is 14.4 Å². The fraction of sp³-hybridized carbons (Fsp3) is 0.364. The Morgan fingerprint density at radius 1 is 1.40 bits per heavy atom. The largest absolute Gasteiger partial charge is 0.397 e. The van der Waals surface area contributed by atoms with Crippen molar-refractivity contribution in [3.8, 4) is 6.07 Å². The van der Waals surface area contributed by atoms with Crippen LogP contribution in [-0.2, 0) is 4.43 Å². The summed E-state index contributed by atoms with van der Waals surface area (Å²) in [5.74, 6) is 0. The first-order valence-corrected chi connectivity index (χ1v) is 8.42. The molecule has 0 aliphatic carbocycles. The quantitative estimate of drug-likeness (QED) is 0.597. The van der Waals surface area contributed by atoms with Gasteiger partial charge in [0.25, 0.3) is 0 Å². The van der Waals surface area contributed by atoms with E-state index in [0.717, 1.165) is 5.56 Å². The fourth-order valence-electron chi connectivity index (χ4n) is 1.15. The van der Waals surface area contributed by atoms with Gasteiger partial charge < -0.3 is 4.43 Å². The number of nitriles is 1. The summed E-state index contributed by atoms with van der Waals surface area (Å²) in [5.41, 5.74) is 1.39. The van der Waals surface area contributed by atoms with Gasteiger partial charge in [0.05, 0.1) is 6.07 Å². The van der Waals surface area contributed by atoms with Crippen molar-refractivity contribution < 1.29 is 4.43 Å². The SMILES string of the molecule is C[Si](C)(CCl)OC(C#N)c1ccccc1. The molecule has 0 aliphatic heterocycles. The van der Waals surface area contributed by atoms with Crippen molar-refractivity contribution in [2.24, 2.45) is 0 Å². The molecule has 0 radical (unpaired) electrons. The minimum Gasteiger partial charge on any atom is -0.397 e. The Morgan fingerprint density at radius 3 is 2.47 bits per heavy atom. The van der Waals surface area contributed by atoms with E-state index in [1.54, 1.807) is 0 Å². The lowest BCUT2D eigenvalue weighted by Gasteiger charge is -2.23. The maximum absolute atomic E-state index is 9.04. The normalized spacial score (nSPS) is 13.2. The van der Waals surface area contributed by atoms with Crippen LogP contribution in [0.2, 0.25) is 13.1 Å². The summed E-state index contributed by atoms with van der Waals surface area (Å²) in [6.45, 7) is 4.01. The van der Waals surface area contributed by atoms with Crippen LogP contribution in [0.25, 0.3) is 0 Å². The topological polar surface area (TPSA) is 33.0 Å². The molecular formula is C11H14ClNOSi. The van der Waals surface area contributed by atoms with Gasteiger partial charge in [-0.25, -0.2) is 0 Å². The van der Waals surface area contributed by atoms with E-state index in [1.807, 2.05) is 43.4 Å². The summed E-state index contributed by atoms with van der Waals surface area (Å²) in [5, 5.41) is 9.04. The number of rotatable bonds is 4. The van der Waals surface area contributed by atoms with Gasteiger partial charge in [0.1, 0.15) is 0 Å². The van der Waals surface area contributed by atoms with Crippen molar-refractivity contribution in [3.63, 3.8) is 0 Å². The zero-order valence-corrected chi connectivity index (χ0v) is 10.7. The molecule has 0 N–H and O–H groups in total. The highest BCUT2D eigenvalue weighted by Gasteiger charge is 2.26. The second-order valence-corrected chi connectivity index (χ2v) is 8.76. The summed E-state index contributed by atoms with van der Waals surface area (Å²) in [6.07, 6.45) is -0.494. The van der Waals surface area contributed by atoms with Crippen molar-refractivity contribution in [3.05, 3.63) is 35.9 Å². The zero-order valence-electron chi connectivity index (χ0n) is 8.90. The van der Waals surface area contributed by atoms with Crippen LogP contribution < -0.4 is 0 Å². The minimum absolute atomic E-state index is 0.494. The summed E-state index contributed by atoms with van der Waals surface area (Å²) in [4.78, 5) is 0. The standard InChI is InChI=1S/C11H14ClNOSi/c1-15(2,9-12)14-11(8-13)10-6-4-3-5-7-10/h3-7,11H,9H2,1-2H3. The van der Waals surface area contributed by atoms with Crippen LogP contribution in [0.5, 0.6) is 0 Å². The van der Waals surface area contributed by atoms with Crippen LogP contribution in [-0.4, -0.2) is 13.8 Å². The molecule has 4 heteroatoms. The molecule has 0 fully saturated rings. The third-order valence-electron chi connectivity index (χ3n) is 1.98. The Morgan fingerprint density at radius 2 is 2.00 bits per heavy atom. The van der Waals surface area contributed by atoms with Gasteiger partial charge in [-0.1, -0.05) is 30.3 Å². The molecule has 1 aromatic rings. The molecule has 0 amide bonds. The lowest BCUT2D eigenvalue weighted by Crippen LogP contribution is -2.34. The number of hydrogen-bond donors (Lipinski definition) is 0. The van der Waals surface area contributed by atoms with E-state index in [0.29, 0.717) is 5.50 Å². The Labute approximate surface area is 96.6 Å². The molecule has 0 saturated heterocycles. The van der Waals surface area contributed by atoms with Gasteiger partial charge in [-0.2, -0.15) is 5.26 Å². The molecule has 2 nitrogen and oxygen atoms in total. The highest BCUT2D eigenvalue weighted by atomic mass is 35.5. The average Bonchev–Trinajstić information content (AvgIpc) is 2.27. The van der Waals surface area contributed by atoms with Crippen LogP contribution in [0, 0.1) is 11.3 Å². The van der Waals surface area contributed by atoms with E-state index >= 15 is 0 Å². The van der Waals surface area contributed by atoms with Gasteiger partial charge in [0.15, 0.2) is 6.10 Å². The molecule has 0 saturated carbocycles. The Balaban J connectivity index is 2.79. The van der Waals surface area contributed by atoms with E-state index in [2.05, 4.69) is 6.07 Å². The molecule has 0 spiro atoms. The Bertz CT molecular complexity index is 347. The van der Waals surface area contributed by atoms with Gasteiger partial charge in [-0.05, 0) is 18.7 Å². The van der Waals surface area contributed by atoms with Crippen molar-refractivity contribution in [1.29, 1.82) is 5.26 Å². The van der Waals surface area contributed by atoms with E-state index in [1.165, 1.54) is 0 Å². The number of alkyl halides is 1. The third kappa shape index (κ3) is 3.67. The van der Waals surface area contributed by atoms with Gasteiger partial charge in [-0.15, -0.1) is 11.6 Å². The number of benzene rings is 1. The molecule has 1 aromatic carbocycles. The first-order chi connectivity index (χ1) is 7.09. The number of hydrogen-bond acceptors (Lipinski definition) is 2. The molecular weight excluding hydrogens is 226 g/mol. The van der Waals surface area contributed by atoms with Crippen LogP contribution in [0.4, 0.5) is 0 Å². The molecule has 1 unspecified atom stereocenters. The fourth-order valence-corrected chi connectivity index (χ4v) is 2.23. The predicted molar refractivity (Wildman–Crippen MR) is 64.1 cm³/mol. The Kier molecular flexibility index (Phi) is 4.34. The zero-order chi connectivity index (χ0) is 11.3. The van der Waals surface area contributed by atoms with Gasteiger partial charge in [-0.3, -0.25) is 0 Å². The molecule has 0 heterocycles. The summed E-state index contributed by atoms with van der Waals surface area (Å²) >= 11 is 5.81. The maximum Gasteiger partial charge on any atom is 0.203 e. The van der Waals surface area contributed by atoms with Gasteiger partial charge >= 0.3 is 0 Å². The molecule has 80 valence electrons. The Hall–Kier alpha value is -0.823. The molecule has 15 heavy (non-hydrogen) atoms. The summed E-state index contributed by atoms with van der Waals surface area (Å²) in [7, 11) is -1.90. The van der Waals surface area contributed by atoms with E-state index in [-0.39, 0.29) is 0 Å². The maximum atomic E-state index is 9.04. The van der Waals surface area contributed by atoms with Crippen LogP contribution in [0.1, 0.15) is 11.7 Å². The number of halogens is 1. The highest BCUT2D eigenvalue weighted by molar-refractivity contribution is 6.77. The van der Waals surface area contributed by atoms with Crippen molar-refractivity contribution in [1.82, 2.24) is 0 Å². The third-order valence-corrected chi connectivity index (χ3v) is 5.43. The van der Waals surface area contributed by atoms with Crippen molar-refractivity contribution in [2.75, 3.05) is 5.50 Å². The van der Waals surface area contributed by atoms with Crippen LogP contribution in [0.3, 0.4) is 0 Å². The molecule has 0 aromatic heterocycles.